The molecule has 0 saturated heterocycles. The highest BCUT2D eigenvalue weighted by atomic mass is 32.2. The zero-order valence-electron chi connectivity index (χ0n) is 10.7. The molecule has 0 aromatic heterocycles. The quantitative estimate of drug-likeness (QED) is 0.337. The molecule has 0 bridgehead atoms. The fourth-order valence-electron chi connectivity index (χ4n) is 1.47. The van der Waals surface area contributed by atoms with Crippen LogP contribution in [0.4, 0.5) is 0 Å². The lowest BCUT2D eigenvalue weighted by Crippen LogP contribution is -2.36. The minimum Gasteiger partial charge on any atom is -0.271 e. The summed E-state index contributed by atoms with van der Waals surface area (Å²) in [4.78, 5) is 1.30. The number of hydrazine groups is 1. The van der Waals surface area contributed by atoms with Crippen molar-refractivity contribution in [2.45, 2.75) is 37.6 Å². The predicted molar refractivity (Wildman–Crippen MR) is 77.1 cm³/mol. The van der Waals surface area contributed by atoms with Crippen molar-refractivity contribution < 1.29 is 0 Å². The highest BCUT2D eigenvalue weighted by Gasteiger charge is 2.07. The lowest BCUT2D eigenvalue weighted by molar-refractivity contribution is 0.538. The fraction of sp³-hybridized carbons (Fsp3) is 0.429. The Morgan fingerprint density at radius 2 is 2.06 bits per heavy atom. The van der Waals surface area contributed by atoms with Crippen LogP contribution in [0.15, 0.2) is 41.3 Å². The number of aryl methyl sites for hydroxylation is 1. The van der Waals surface area contributed by atoms with E-state index in [2.05, 4.69) is 50.1 Å². The van der Waals surface area contributed by atoms with Gasteiger partial charge in [0.2, 0.25) is 0 Å². The number of benzene rings is 1. The number of hydrogen-bond acceptors (Lipinski definition) is 3. The van der Waals surface area contributed by atoms with Gasteiger partial charge in [-0.05, 0) is 38.8 Å². The first-order valence-electron chi connectivity index (χ1n) is 5.92. The number of nitrogens with one attached hydrogen (secondary N) is 1. The van der Waals surface area contributed by atoms with Crippen molar-refractivity contribution in [1.29, 1.82) is 0 Å². The molecule has 2 nitrogen and oxygen atoms in total. The van der Waals surface area contributed by atoms with Crippen LogP contribution < -0.4 is 11.3 Å². The van der Waals surface area contributed by atoms with Gasteiger partial charge in [0, 0.05) is 16.7 Å². The third-order valence-corrected chi connectivity index (χ3v) is 3.80. The van der Waals surface area contributed by atoms with E-state index in [-0.39, 0.29) is 0 Å². The second-order valence-electron chi connectivity index (χ2n) is 4.48. The van der Waals surface area contributed by atoms with E-state index in [4.69, 9.17) is 5.84 Å². The molecule has 0 saturated carbocycles. The molecule has 1 atom stereocenters. The van der Waals surface area contributed by atoms with E-state index in [1.807, 2.05) is 11.8 Å². The molecule has 94 valence electrons. The van der Waals surface area contributed by atoms with Gasteiger partial charge >= 0.3 is 0 Å². The van der Waals surface area contributed by atoms with Crippen molar-refractivity contribution in [1.82, 2.24) is 5.43 Å². The largest absolute Gasteiger partial charge is 0.271 e. The first kappa shape index (κ1) is 14.3. The van der Waals surface area contributed by atoms with Gasteiger partial charge in [0.15, 0.2) is 0 Å². The third kappa shape index (κ3) is 5.91. The van der Waals surface area contributed by atoms with E-state index >= 15 is 0 Å². The average Bonchev–Trinajstić information content (AvgIpc) is 2.31. The van der Waals surface area contributed by atoms with Gasteiger partial charge in [-0.2, -0.15) is 0 Å². The molecule has 0 radical (unpaired) electrons. The molecule has 0 amide bonds. The SMILES string of the molecule is C=C(C)CCC(CSc1ccc(C)cc1)NN. The molecule has 0 aliphatic carbocycles. The highest BCUT2D eigenvalue weighted by Crippen LogP contribution is 2.20. The van der Waals surface area contributed by atoms with Gasteiger partial charge in [-0.1, -0.05) is 23.3 Å². The molecule has 3 N–H and O–H groups in total. The van der Waals surface area contributed by atoms with Gasteiger partial charge in [-0.25, -0.2) is 0 Å². The van der Waals surface area contributed by atoms with Crippen molar-refractivity contribution in [2.75, 3.05) is 5.75 Å². The van der Waals surface area contributed by atoms with Crippen LogP contribution in [0.3, 0.4) is 0 Å². The number of nitrogens with two attached hydrogens (primary N) is 1. The summed E-state index contributed by atoms with van der Waals surface area (Å²) in [5.74, 6) is 6.55. The van der Waals surface area contributed by atoms with E-state index in [1.165, 1.54) is 16.0 Å². The van der Waals surface area contributed by atoms with Gasteiger partial charge in [-0.15, -0.1) is 18.3 Å². The number of rotatable bonds is 7. The first-order chi connectivity index (χ1) is 8.11. The summed E-state index contributed by atoms with van der Waals surface area (Å²) in [6.45, 7) is 8.07. The number of thioether (sulfide) groups is 1. The Morgan fingerprint density at radius 3 is 2.59 bits per heavy atom. The zero-order chi connectivity index (χ0) is 12.7. The van der Waals surface area contributed by atoms with Crippen molar-refractivity contribution in [3.63, 3.8) is 0 Å². The standard InChI is InChI=1S/C14H22N2S/c1-11(2)4-7-13(16-15)10-17-14-8-5-12(3)6-9-14/h5-6,8-9,13,16H,1,4,7,10,15H2,2-3H3. The predicted octanol–water partition coefficient (Wildman–Crippen LogP) is 3.28. The van der Waals surface area contributed by atoms with Crippen LogP contribution in [0.25, 0.3) is 0 Å². The van der Waals surface area contributed by atoms with Crippen LogP contribution in [0, 0.1) is 6.92 Å². The number of allylic oxidation sites excluding steroid dienone is 1. The molecule has 0 fully saturated rings. The van der Waals surface area contributed by atoms with Gasteiger partial charge in [0.05, 0.1) is 0 Å². The molecule has 1 rings (SSSR count). The molecule has 0 aliphatic heterocycles. The van der Waals surface area contributed by atoms with Crippen molar-refractivity contribution in [2.24, 2.45) is 5.84 Å². The maximum Gasteiger partial charge on any atom is 0.0307 e. The van der Waals surface area contributed by atoms with E-state index in [0.29, 0.717) is 6.04 Å². The lowest BCUT2D eigenvalue weighted by atomic mass is 10.1. The van der Waals surface area contributed by atoms with E-state index < -0.39 is 0 Å². The van der Waals surface area contributed by atoms with Gasteiger partial charge in [0.25, 0.3) is 0 Å². The molecule has 1 unspecified atom stereocenters. The molecular weight excluding hydrogens is 228 g/mol. The molecule has 1 aromatic carbocycles. The van der Waals surface area contributed by atoms with Gasteiger partial charge < -0.3 is 0 Å². The van der Waals surface area contributed by atoms with E-state index in [0.717, 1.165) is 18.6 Å². The van der Waals surface area contributed by atoms with Gasteiger partial charge in [0.1, 0.15) is 0 Å². The molecule has 3 heteroatoms. The summed E-state index contributed by atoms with van der Waals surface area (Å²) >= 11 is 1.84. The maximum atomic E-state index is 5.55. The fourth-order valence-corrected chi connectivity index (χ4v) is 2.45. The number of hydrogen-bond donors (Lipinski definition) is 2. The van der Waals surface area contributed by atoms with Crippen LogP contribution in [0.5, 0.6) is 0 Å². The molecular formula is C14H22N2S. The Balaban J connectivity index is 2.36. The molecule has 0 heterocycles. The summed E-state index contributed by atoms with van der Waals surface area (Å²) in [5.41, 5.74) is 5.39. The van der Waals surface area contributed by atoms with Gasteiger partial charge in [-0.3, -0.25) is 11.3 Å². The van der Waals surface area contributed by atoms with Crippen LogP contribution in [0.2, 0.25) is 0 Å². The zero-order valence-corrected chi connectivity index (χ0v) is 11.5. The van der Waals surface area contributed by atoms with Crippen molar-refractivity contribution in [3.05, 3.63) is 42.0 Å². The minimum atomic E-state index is 0.345. The summed E-state index contributed by atoms with van der Waals surface area (Å²) in [7, 11) is 0. The third-order valence-electron chi connectivity index (χ3n) is 2.63. The topological polar surface area (TPSA) is 38.0 Å². The second-order valence-corrected chi connectivity index (χ2v) is 5.58. The summed E-state index contributed by atoms with van der Waals surface area (Å²) in [6, 6.07) is 8.94. The van der Waals surface area contributed by atoms with Crippen molar-refractivity contribution in [3.8, 4) is 0 Å². The van der Waals surface area contributed by atoms with E-state index in [9.17, 15) is 0 Å². The monoisotopic (exact) mass is 250 g/mol. The highest BCUT2D eigenvalue weighted by molar-refractivity contribution is 7.99. The summed E-state index contributed by atoms with van der Waals surface area (Å²) in [5, 5.41) is 0. The maximum absolute atomic E-state index is 5.55. The second kappa shape index (κ2) is 7.54. The average molecular weight is 250 g/mol. The minimum absolute atomic E-state index is 0.345. The van der Waals surface area contributed by atoms with Crippen LogP contribution in [-0.2, 0) is 0 Å². The van der Waals surface area contributed by atoms with E-state index in [1.54, 1.807) is 0 Å². The Hall–Kier alpha value is -0.770. The normalized spacial score (nSPS) is 12.4. The van der Waals surface area contributed by atoms with Crippen LogP contribution in [-0.4, -0.2) is 11.8 Å². The van der Waals surface area contributed by atoms with Crippen LogP contribution >= 0.6 is 11.8 Å². The Kier molecular flexibility index (Phi) is 6.34. The molecule has 17 heavy (non-hydrogen) atoms. The van der Waals surface area contributed by atoms with Crippen LogP contribution in [0.1, 0.15) is 25.3 Å². The summed E-state index contributed by atoms with van der Waals surface area (Å²) in [6.07, 6.45) is 2.08. The molecule has 0 aliphatic rings. The Labute approximate surface area is 109 Å². The van der Waals surface area contributed by atoms with Crippen molar-refractivity contribution >= 4 is 11.8 Å². The Morgan fingerprint density at radius 1 is 1.41 bits per heavy atom. The lowest BCUT2D eigenvalue weighted by Gasteiger charge is -2.15. The Bertz CT molecular complexity index is 346. The first-order valence-corrected chi connectivity index (χ1v) is 6.90. The smallest absolute Gasteiger partial charge is 0.0307 e. The molecule has 1 aromatic rings. The molecule has 0 spiro atoms. The summed E-state index contributed by atoms with van der Waals surface area (Å²) < 4.78 is 0.